The zero-order chi connectivity index (χ0) is 9.68. The lowest BCUT2D eigenvalue weighted by Crippen LogP contribution is -2.22. The van der Waals surface area contributed by atoms with Crippen molar-refractivity contribution in [1.29, 1.82) is 0 Å². The Labute approximate surface area is 77.5 Å². The third-order valence-electron chi connectivity index (χ3n) is 1.62. The van der Waals surface area contributed by atoms with Crippen LogP contribution >= 0.6 is 0 Å². The van der Waals surface area contributed by atoms with Gasteiger partial charge in [-0.05, 0) is 26.0 Å². The van der Waals surface area contributed by atoms with E-state index in [0.29, 0.717) is 12.0 Å². The monoisotopic (exact) mass is 181 g/mol. The normalized spacial score (nSPS) is 11.7. The zero-order valence-electron chi connectivity index (χ0n) is 7.99. The van der Waals surface area contributed by atoms with Gasteiger partial charge in [0, 0.05) is 19.3 Å². The number of hydrogen-bond acceptors (Lipinski definition) is 3. The van der Waals surface area contributed by atoms with Gasteiger partial charge in [0.05, 0.1) is 5.69 Å². The second kappa shape index (κ2) is 4.54. The van der Waals surface area contributed by atoms with E-state index in [2.05, 4.69) is 10.3 Å². The molecule has 0 fully saturated rings. The van der Waals surface area contributed by atoms with Gasteiger partial charge in [0.1, 0.15) is 0 Å². The third kappa shape index (κ3) is 2.24. The maximum absolute atomic E-state index is 9.43. The summed E-state index contributed by atoms with van der Waals surface area (Å²) in [5, 5.41) is 12.6. The molecule has 0 saturated carbocycles. The van der Waals surface area contributed by atoms with E-state index in [9.17, 15) is 5.21 Å². The molecular formula is C9H15N3O. The molecule has 0 aromatic carbocycles. The fourth-order valence-electron chi connectivity index (χ4n) is 1.13. The van der Waals surface area contributed by atoms with E-state index < -0.39 is 0 Å². The number of anilines is 1. The first-order valence-electron chi connectivity index (χ1n) is 4.44. The van der Waals surface area contributed by atoms with Gasteiger partial charge >= 0.3 is 0 Å². The zero-order valence-corrected chi connectivity index (χ0v) is 7.99. The smallest absolute Gasteiger partial charge is 0.186 e. The Morgan fingerprint density at radius 3 is 2.92 bits per heavy atom. The van der Waals surface area contributed by atoms with E-state index in [1.165, 1.54) is 0 Å². The summed E-state index contributed by atoms with van der Waals surface area (Å²) in [6, 6.07) is 3.66. The lowest BCUT2D eigenvalue weighted by molar-refractivity contribution is 0.172. The van der Waals surface area contributed by atoms with Gasteiger partial charge in [-0.25, -0.2) is 0 Å². The summed E-state index contributed by atoms with van der Waals surface area (Å²) in [4.78, 5) is 4.18. The quantitative estimate of drug-likeness (QED) is 0.685. The van der Waals surface area contributed by atoms with Crippen molar-refractivity contribution in [2.75, 3.05) is 18.4 Å². The third-order valence-corrected chi connectivity index (χ3v) is 1.62. The SMILES string of the molecule is CCN=c1c(NCC)cccn1O. The molecule has 1 rings (SSSR count). The van der Waals surface area contributed by atoms with E-state index >= 15 is 0 Å². The molecule has 0 bridgehead atoms. The van der Waals surface area contributed by atoms with Crippen LogP contribution in [0, 0.1) is 0 Å². The van der Waals surface area contributed by atoms with Crippen molar-refractivity contribution in [3.05, 3.63) is 23.8 Å². The van der Waals surface area contributed by atoms with Crippen LogP contribution in [0.4, 0.5) is 5.69 Å². The Kier molecular flexibility index (Phi) is 3.37. The highest BCUT2D eigenvalue weighted by Gasteiger charge is 1.96. The van der Waals surface area contributed by atoms with Crippen LogP contribution in [0.25, 0.3) is 0 Å². The van der Waals surface area contributed by atoms with E-state index in [4.69, 9.17) is 0 Å². The van der Waals surface area contributed by atoms with Crippen LogP contribution in [-0.2, 0) is 0 Å². The number of hydrogen-bond donors (Lipinski definition) is 2. The largest absolute Gasteiger partial charge is 0.427 e. The van der Waals surface area contributed by atoms with Gasteiger partial charge in [0.2, 0.25) is 0 Å². The van der Waals surface area contributed by atoms with Crippen LogP contribution in [0.5, 0.6) is 0 Å². The maximum atomic E-state index is 9.43. The van der Waals surface area contributed by atoms with Crippen LogP contribution in [-0.4, -0.2) is 23.0 Å². The van der Waals surface area contributed by atoms with E-state index in [-0.39, 0.29) is 0 Å². The van der Waals surface area contributed by atoms with Crippen molar-refractivity contribution >= 4 is 5.69 Å². The highest BCUT2D eigenvalue weighted by atomic mass is 16.5. The number of aromatic nitrogens is 1. The Morgan fingerprint density at radius 2 is 2.31 bits per heavy atom. The summed E-state index contributed by atoms with van der Waals surface area (Å²) in [6.07, 6.45) is 1.56. The Morgan fingerprint density at radius 1 is 1.54 bits per heavy atom. The molecule has 1 heterocycles. The molecule has 0 radical (unpaired) electrons. The molecule has 13 heavy (non-hydrogen) atoms. The highest BCUT2D eigenvalue weighted by Crippen LogP contribution is 1.96. The molecule has 4 nitrogen and oxygen atoms in total. The summed E-state index contributed by atoms with van der Waals surface area (Å²) < 4.78 is 1.03. The lowest BCUT2D eigenvalue weighted by Gasteiger charge is -2.05. The summed E-state index contributed by atoms with van der Waals surface area (Å²) >= 11 is 0. The molecule has 0 aliphatic rings. The molecule has 72 valence electrons. The van der Waals surface area contributed by atoms with Crippen molar-refractivity contribution in [3.8, 4) is 0 Å². The standard InChI is InChI=1S/C9H15N3O/c1-3-10-8-6-5-7-12(13)9(8)11-4-2/h5-7,10,13H,3-4H2,1-2H3. The molecule has 1 aromatic heterocycles. The molecule has 0 unspecified atom stereocenters. The van der Waals surface area contributed by atoms with Gasteiger partial charge in [0.25, 0.3) is 0 Å². The molecule has 0 aliphatic heterocycles. The summed E-state index contributed by atoms with van der Waals surface area (Å²) in [5.41, 5.74) is 1.43. The van der Waals surface area contributed by atoms with E-state index in [0.717, 1.165) is 17.0 Å². The predicted molar refractivity (Wildman–Crippen MR) is 51.9 cm³/mol. The molecule has 0 amide bonds. The highest BCUT2D eigenvalue weighted by molar-refractivity contribution is 5.39. The minimum Gasteiger partial charge on any atom is -0.427 e. The van der Waals surface area contributed by atoms with Crippen LogP contribution in [0.1, 0.15) is 13.8 Å². The van der Waals surface area contributed by atoms with Gasteiger partial charge in [-0.2, -0.15) is 4.73 Å². The first-order valence-corrected chi connectivity index (χ1v) is 4.44. The molecule has 0 atom stereocenters. The molecule has 2 N–H and O–H groups in total. The summed E-state index contributed by atoms with van der Waals surface area (Å²) in [5.74, 6) is 0. The van der Waals surface area contributed by atoms with Crippen molar-refractivity contribution in [2.24, 2.45) is 4.99 Å². The molecule has 0 spiro atoms. The van der Waals surface area contributed by atoms with Crippen molar-refractivity contribution < 1.29 is 5.21 Å². The van der Waals surface area contributed by atoms with Crippen molar-refractivity contribution in [3.63, 3.8) is 0 Å². The van der Waals surface area contributed by atoms with Crippen LogP contribution < -0.4 is 10.8 Å². The Hall–Kier alpha value is -1.45. The first kappa shape index (κ1) is 9.64. The predicted octanol–water partition coefficient (Wildman–Crippen LogP) is 1.08. The summed E-state index contributed by atoms with van der Waals surface area (Å²) in [7, 11) is 0. The second-order valence-corrected chi connectivity index (χ2v) is 2.59. The average molecular weight is 181 g/mol. The molecule has 4 heteroatoms. The molecular weight excluding hydrogens is 166 g/mol. The minimum atomic E-state index is 0.576. The molecule has 0 aliphatic carbocycles. The topological polar surface area (TPSA) is 49.5 Å². The Bertz CT molecular complexity index is 330. The number of nitrogens with one attached hydrogen (secondary N) is 1. The van der Waals surface area contributed by atoms with Gasteiger partial charge in [-0.1, -0.05) is 0 Å². The number of pyridine rings is 1. The van der Waals surface area contributed by atoms with E-state index in [1.807, 2.05) is 19.9 Å². The Balaban J connectivity index is 3.18. The lowest BCUT2D eigenvalue weighted by atomic mass is 10.4. The van der Waals surface area contributed by atoms with Crippen LogP contribution in [0.15, 0.2) is 23.3 Å². The molecule has 0 saturated heterocycles. The fourth-order valence-corrected chi connectivity index (χ4v) is 1.13. The molecule has 1 aromatic rings. The summed E-state index contributed by atoms with van der Waals surface area (Å²) in [6.45, 7) is 5.41. The van der Waals surface area contributed by atoms with Crippen molar-refractivity contribution in [1.82, 2.24) is 4.73 Å². The van der Waals surface area contributed by atoms with Gasteiger partial charge < -0.3 is 10.5 Å². The van der Waals surface area contributed by atoms with Gasteiger partial charge in [-0.3, -0.25) is 4.99 Å². The van der Waals surface area contributed by atoms with Crippen LogP contribution in [0.3, 0.4) is 0 Å². The van der Waals surface area contributed by atoms with E-state index in [1.54, 1.807) is 12.3 Å². The van der Waals surface area contributed by atoms with Crippen molar-refractivity contribution in [2.45, 2.75) is 13.8 Å². The number of nitrogens with zero attached hydrogens (tertiary/aromatic N) is 2. The van der Waals surface area contributed by atoms with Gasteiger partial charge in [-0.15, -0.1) is 0 Å². The van der Waals surface area contributed by atoms with Gasteiger partial charge in [0.15, 0.2) is 5.49 Å². The maximum Gasteiger partial charge on any atom is 0.186 e. The number of rotatable bonds is 3. The fraction of sp³-hybridized carbons (Fsp3) is 0.444. The van der Waals surface area contributed by atoms with Crippen LogP contribution in [0.2, 0.25) is 0 Å². The average Bonchev–Trinajstić information content (AvgIpc) is 2.11. The first-order chi connectivity index (χ1) is 6.29. The second-order valence-electron chi connectivity index (χ2n) is 2.59. The minimum absolute atomic E-state index is 0.576.